The number of amides is 1. The highest BCUT2D eigenvalue weighted by Crippen LogP contribution is 2.17. The zero-order chi connectivity index (χ0) is 15.6. The number of hydrogen-bond acceptors (Lipinski definition) is 4. The highest BCUT2D eigenvalue weighted by molar-refractivity contribution is 6.30. The number of aromatic nitrogens is 2. The van der Waals surface area contributed by atoms with Gasteiger partial charge in [0.25, 0.3) is 5.91 Å². The molecule has 1 amide bonds. The highest BCUT2D eigenvalue weighted by Gasteiger charge is 2.19. The molecule has 0 aliphatic carbocycles. The van der Waals surface area contributed by atoms with E-state index in [4.69, 9.17) is 22.1 Å². The third kappa shape index (κ3) is 3.41. The van der Waals surface area contributed by atoms with Crippen LogP contribution in [-0.2, 0) is 9.53 Å². The summed E-state index contributed by atoms with van der Waals surface area (Å²) in [7, 11) is 0. The second-order valence-corrected chi connectivity index (χ2v) is 4.95. The summed E-state index contributed by atoms with van der Waals surface area (Å²) in [5.74, 6) is -1.42. The molecule has 1 aromatic heterocycles. The monoisotopic (exact) mass is 307 g/mol. The molecular weight excluding hydrogens is 294 g/mol. The minimum Gasteiger partial charge on any atom is -0.448 e. The van der Waals surface area contributed by atoms with Gasteiger partial charge in [-0.3, -0.25) is 4.79 Å². The molecule has 6 nitrogen and oxygen atoms in total. The molecule has 110 valence electrons. The zero-order valence-corrected chi connectivity index (χ0v) is 12.3. The Morgan fingerprint density at radius 1 is 1.38 bits per heavy atom. The molecule has 0 bridgehead atoms. The summed E-state index contributed by atoms with van der Waals surface area (Å²) < 4.78 is 6.48. The van der Waals surface area contributed by atoms with Crippen LogP contribution in [0.2, 0.25) is 5.02 Å². The van der Waals surface area contributed by atoms with E-state index in [-0.39, 0.29) is 5.69 Å². The van der Waals surface area contributed by atoms with Crippen LogP contribution < -0.4 is 5.73 Å². The van der Waals surface area contributed by atoms with Crippen LogP contribution in [0.5, 0.6) is 0 Å². The number of carbonyl (C=O) groups is 2. The van der Waals surface area contributed by atoms with Crippen LogP contribution in [-0.4, -0.2) is 27.8 Å². The number of esters is 1. The fourth-order valence-corrected chi connectivity index (χ4v) is 1.91. The molecule has 2 N–H and O–H groups in total. The van der Waals surface area contributed by atoms with Crippen molar-refractivity contribution in [2.75, 3.05) is 0 Å². The molecule has 0 aliphatic heterocycles. The van der Waals surface area contributed by atoms with Crippen LogP contribution in [0.3, 0.4) is 0 Å². The van der Waals surface area contributed by atoms with Gasteiger partial charge in [-0.1, -0.05) is 17.7 Å². The molecule has 2 rings (SSSR count). The molecule has 1 aromatic carbocycles. The van der Waals surface area contributed by atoms with Crippen LogP contribution >= 0.6 is 11.6 Å². The van der Waals surface area contributed by atoms with Crippen molar-refractivity contribution in [1.82, 2.24) is 9.78 Å². The topological polar surface area (TPSA) is 87.2 Å². The quantitative estimate of drug-likeness (QED) is 0.873. The van der Waals surface area contributed by atoms with Gasteiger partial charge in [-0.25, -0.2) is 9.48 Å². The molecule has 1 atom stereocenters. The van der Waals surface area contributed by atoms with Crippen LogP contribution in [0, 0.1) is 6.92 Å². The summed E-state index contributed by atoms with van der Waals surface area (Å²) in [4.78, 5) is 22.8. The number of carbonyl (C=O) groups excluding carboxylic acids is 2. The Balaban J connectivity index is 2.27. The molecule has 7 heteroatoms. The second-order valence-electron chi connectivity index (χ2n) is 4.51. The summed E-state index contributed by atoms with van der Waals surface area (Å²) in [5, 5.41) is 4.73. The number of nitrogens with two attached hydrogens (primary N) is 1. The lowest BCUT2D eigenvalue weighted by Crippen LogP contribution is -2.30. The second kappa shape index (κ2) is 5.97. The minimum atomic E-state index is -1.01. The Morgan fingerprint density at radius 2 is 2.10 bits per heavy atom. The molecule has 2 aromatic rings. The van der Waals surface area contributed by atoms with Gasteiger partial charge in [0, 0.05) is 10.7 Å². The Hall–Kier alpha value is -2.34. The molecule has 0 aliphatic rings. The van der Waals surface area contributed by atoms with Gasteiger partial charge in [-0.2, -0.15) is 5.10 Å². The molecule has 0 saturated heterocycles. The summed E-state index contributed by atoms with van der Waals surface area (Å²) in [6.07, 6.45) is -1.01. The fraction of sp³-hybridized carbons (Fsp3) is 0.214. The molecule has 1 unspecified atom stereocenters. The Bertz CT molecular complexity index is 697. The van der Waals surface area contributed by atoms with Gasteiger partial charge in [0.05, 0.1) is 5.69 Å². The van der Waals surface area contributed by atoms with Crippen molar-refractivity contribution in [2.24, 2.45) is 5.73 Å². The number of halogens is 1. The maximum atomic E-state index is 11.9. The van der Waals surface area contributed by atoms with E-state index < -0.39 is 18.0 Å². The third-order valence-corrected chi connectivity index (χ3v) is 3.07. The molecule has 0 radical (unpaired) electrons. The van der Waals surface area contributed by atoms with Gasteiger partial charge in [0.15, 0.2) is 11.8 Å². The molecule has 0 saturated carbocycles. The first-order valence-electron chi connectivity index (χ1n) is 6.21. The Morgan fingerprint density at radius 3 is 2.71 bits per heavy atom. The first-order chi connectivity index (χ1) is 9.88. The smallest absolute Gasteiger partial charge is 0.359 e. The van der Waals surface area contributed by atoms with E-state index in [0.29, 0.717) is 5.02 Å². The maximum absolute atomic E-state index is 11.9. The van der Waals surface area contributed by atoms with Crippen molar-refractivity contribution >= 4 is 23.5 Å². The van der Waals surface area contributed by atoms with Crippen LogP contribution in [0.1, 0.15) is 23.1 Å². The van der Waals surface area contributed by atoms with Crippen LogP contribution in [0.4, 0.5) is 0 Å². The van der Waals surface area contributed by atoms with Gasteiger partial charge in [-0.05, 0) is 38.1 Å². The van der Waals surface area contributed by atoms with E-state index in [0.717, 1.165) is 11.4 Å². The van der Waals surface area contributed by atoms with Gasteiger partial charge < -0.3 is 10.5 Å². The Kier molecular flexibility index (Phi) is 4.28. The van der Waals surface area contributed by atoms with E-state index in [9.17, 15) is 9.59 Å². The summed E-state index contributed by atoms with van der Waals surface area (Å²) in [6, 6.07) is 8.63. The van der Waals surface area contributed by atoms with E-state index in [1.165, 1.54) is 6.92 Å². The minimum absolute atomic E-state index is 0.0978. The van der Waals surface area contributed by atoms with E-state index in [2.05, 4.69) is 5.10 Å². The van der Waals surface area contributed by atoms with Crippen molar-refractivity contribution in [3.8, 4) is 5.69 Å². The summed E-state index contributed by atoms with van der Waals surface area (Å²) >= 11 is 5.94. The van der Waals surface area contributed by atoms with Gasteiger partial charge >= 0.3 is 5.97 Å². The van der Waals surface area contributed by atoms with Gasteiger partial charge in [-0.15, -0.1) is 0 Å². The standard InChI is InChI=1S/C14H14ClN3O3/c1-8-6-12(14(20)21-9(2)13(16)19)17-18(8)11-5-3-4-10(15)7-11/h3-7,9H,1-2H3,(H2,16,19). The lowest BCUT2D eigenvalue weighted by atomic mass is 10.3. The molecule has 0 spiro atoms. The highest BCUT2D eigenvalue weighted by atomic mass is 35.5. The van der Waals surface area contributed by atoms with Gasteiger partial charge in [0.1, 0.15) is 0 Å². The molecule has 21 heavy (non-hydrogen) atoms. The number of aryl methyl sites for hydroxylation is 1. The first-order valence-corrected chi connectivity index (χ1v) is 6.59. The first kappa shape index (κ1) is 15.1. The van der Waals surface area contributed by atoms with Crippen molar-refractivity contribution in [3.63, 3.8) is 0 Å². The van der Waals surface area contributed by atoms with E-state index in [1.54, 1.807) is 35.9 Å². The van der Waals surface area contributed by atoms with Crippen LogP contribution in [0.15, 0.2) is 30.3 Å². The van der Waals surface area contributed by atoms with E-state index >= 15 is 0 Å². The third-order valence-electron chi connectivity index (χ3n) is 2.83. The number of nitrogens with zero attached hydrogens (tertiary/aromatic N) is 2. The molecule has 1 heterocycles. The fourth-order valence-electron chi connectivity index (χ4n) is 1.72. The Labute approximate surface area is 126 Å². The molecular formula is C14H14ClN3O3. The molecule has 0 fully saturated rings. The predicted molar refractivity (Wildman–Crippen MR) is 77.4 cm³/mol. The number of primary amides is 1. The average Bonchev–Trinajstić information content (AvgIpc) is 2.80. The summed E-state index contributed by atoms with van der Waals surface area (Å²) in [6.45, 7) is 3.20. The lowest BCUT2D eigenvalue weighted by Gasteiger charge is -2.07. The average molecular weight is 308 g/mol. The number of rotatable bonds is 4. The van der Waals surface area contributed by atoms with Crippen molar-refractivity contribution in [3.05, 3.63) is 46.7 Å². The largest absolute Gasteiger partial charge is 0.448 e. The van der Waals surface area contributed by atoms with Crippen molar-refractivity contribution < 1.29 is 14.3 Å². The number of ether oxygens (including phenoxy) is 1. The zero-order valence-electron chi connectivity index (χ0n) is 11.5. The number of benzene rings is 1. The normalized spacial score (nSPS) is 12.0. The van der Waals surface area contributed by atoms with Gasteiger partial charge in [0.2, 0.25) is 0 Å². The summed E-state index contributed by atoms with van der Waals surface area (Å²) in [5.41, 5.74) is 6.60. The maximum Gasteiger partial charge on any atom is 0.359 e. The predicted octanol–water partition coefficient (Wildman–Crippen LogP) is 1.86. The van der Waals surface area contributed by atoms with E-state index in [1.807, 2.05) is 6.07 Å². The SMILES string of the molecule is Cc1cc(C(=O)OC(C)C(N)=O)nn1-c1cccc(Cl)c1. The number of hydrogen-bond donors (Lipinski definition) is 1. The van der Waals surface area contributed by atoms with Crippen molar-refractivity contribution in [2.45, 2.75) is 20.0 Å². The van der Waals surface area contributed by atoms with Crippen molar-refractivity contribution in [1.29, 1.82) is 0 Å². The lowest BCUT2D eigenvalue weighted by molar-refractivity contribution is -0.125. The van der Waals surface area contributed by atoms with Crippen LogP contribution in [0.25, 0.3) is 5.69 Å².